The number of methoxy groups -OCH3 is 1. The molecule has 1 aromatic heterocycles. The van der Waals surface area contributed by atoms with E-state index in [1.54, 1.807) is 44.3 Å². The smallest absolute Gasteiger partial charge is 0.243 e. The van der Waals surface area contributed by atoms with Crippen molar-refractivity contribution in [1.29, 1.82) is 0 Å². The number of aromatic nitrogens is 2. The number of nitrogens with zero attached hydrogens (tertiary/aromatic N) is 4. The Kier molecular flexibility index (Phi) is 7.71. The largest absolute Gasteiger partial charge is 0.497 e. The van der Waals surface area contributed by atoms with E-state index in [2.05, 4.69) is 0 Å². The van der Waals surface area contributed by atoms with Crippen molar-refractivity contribution in [2.24, 2.45) is 0 Å². The fourth-order valence-corrected chi connectivity index (χ4v) is 6.11. The number of hydrogen-bond acceptors (Lipinski definition) is 6. The van der Waals surface area contributed by atoms with E-state index < -0.39 is 10.0 Å². The third-order valence-corrected chi connectivity index (χ3v) is 8.43. The summed E-state index contributed by atoms with van der Waals surface area (Å²) < 4.78 is 34.7. The highest BCUT2D eigenvalue weighted by Gasteiger charge is 2.25. The molecule has 0 radical (unpaired) electrons. The molecule has 178 valence electrons. The van der Waals surface area contributed by atoms with Gasteiger partial charge in [0, 0.05) is 32.9 Å². The first kappa shape index (κ1) is 25.1. The van der Waals surface area contributed by atoms with Crippen molar-refractivity contribution in [2.75, 3.05) is 34.3 Å². The van der Waals surface area contributed by atoms with Gasteiger partial charge in [0.2, 0.25) is 15.9 Å². The second kappa shape index (κ2) is 10.1. The lowest BCUT2D eigenvalue weighted by Crippen LogP contribution is -2.30. The van der Waals surface area contributed by atoms with Gasteiger partial charge in [0.1, 0.15) is 5.75 Å². The lowest BCUT2D eigenvalue weighted by molar-refractivity contribution is -0.127. The van der Waals surface area contributed by atoms with Crippen molar-refractivity contribution in [3.05, 3.63) is 42.5 Å². The van der Waals surface area contributed by atoms with Gasteiger partial charge in [-0.1, -0.05) is 25.6 Å². The van der Waals surface area contributed by atoms with Crippen molar-refractivity contribution in [3.8, 4) is 11.4 Å². The molecule has 1 heterocycles. The second-order valence-electron chi connectivity index (χ2n) is 7.66. The lowest BCUT2D eigenvalue weighted by Gasteiger charge is -2.18. The van der Waals surface area contributed by atoms with E-state index in [4.69, 9.17) is 9.72 Å². The van der Waals surface area contributed by atoms with Gasteiger partial charge in [0.05, 0.1) is 28.3 Å². The molecule has 0 fully saturated rings. The molecule has 0 saturated carbocycles. The number of carbonyl (C=O) groups is 1. The minimum absolute atomic E-state index is 0.0295. The molecule has 10 heteroatoms. The summed E-state index contributed by atoms with van der Waals surface area (Å²) in [4.78, 5) is 19.0. The van der Waals surface area contributed by atoms with Crippen LogP contribution in [0.3, 0.4) is 0 Å². The van der Waals surface area contributed by atoms with Gasteiger partial charge in [0.25, 0.3) is 0 Å². The Morgan fingerprint density at radius 3 is 2.30 bits per heavy atom. The van der Waals surface area contributed by atoms with Crippen LogP contribution in [0.2, 0.25) is 0 Å². The van der Waals surface area contributed by atoms with Crippen LogP contribution in [0.25, 0.3) is 16.7 Å². The van der Waals surface area contributed by atoms with Crippen LogP contribution in [-0.4, -0.2) is 72.6 Å². The van der Waals surface area contributed by atoms with Crippen molar-refractivity contribution in [2.45, 2.75) is 36.1 Å². The Morgan fingerprint density at radius 2 is 1.76 bits per heavy atom. The van der Waals surface area contributed by atoms with Gasteiger partial charge in [-0.05, 0) is 49.4 Å². The third kappa shape index (κ3) is 5.02. The normalized spacial score (nSPS) is 12.8. The Hall–Kier alpha value is -2.56. The molecule has 3 aromatic rings. The molecule has 0 aliphatic rings. The van der Waals surface area contributed by atoms with E-state index >= 15 is 0 Å². The fourth-order valence-electron chi connectivity index (χ4n) is 3.54. The first-order valence-corrected chi connectivity index (χ1v) is 13.0. The number of imidazole rings is 1. The molecule has 0 aliphatic heterocycles. The summed E-state index contributed by atoms with van der Waals surface area (Å²) >= 11 is 1.34. The zero-order valence-corrected chi connectivity index (χ0v) is 21.4. The minimum atomic E-state index is -3.62. The van der Waals surface area contributed by atoms with Crippen LogP contribution in [0.4, 0.5) is 0 Å². The Balaban J connectivity index is 2.16. The summed E-state index contributed by atoms with van der Waals surface area (Å²) in [5, 5.41) is 0.239. The van der Waals surface area contributed by atoms with Crippen molar-refractivity contribution >= 4 is 38.7 Å². The van der Waals surface area contributed by atoms with Crippen LogP contribution >= 0.6 is 11.8 Å². The zero-order valence-electron chi connectivity index (χ0n) is 19.8. The Morgan fingerprint density at radius 1 is 1.12 bits per heavy atom. The molecule has 2 aromatic carbocycles. The molecule has 0 unspecified atom stereocenters. The summed E-state index contributed by atoms with van der Waals surface area (Å²) in [5.41, 5.74) is 2.14. The number of carbonyl (C=O) groups excluding carboxylic acids is 1. The van der Waals surface area contributed by atoms with Crippen LogP contribution < -0.4 is 4.74 Å². The summed E-state index contributed by atoms with van der Waals surface area (Å²) in [6.45, 7) is 6.25. The SMILES string of the molecule is CCN(CC)S(=O)(=O)c1ccc2c(c1)nc(S[C@@H](C)C(=O)N(C)C)n2-c1ccc(OC)cc1. The molecular formula is C23H30N4O4S2. The highest BCUT2D eigenvalue weighted by atomic mass is 32.2. The van der Waals surface area contributed by atoms with Crippen LogP contribution in [0.1, 0.15) is 20.8 Å². The first-order chi connectivity index (χ1) is 15.6. The highest BCUT2D eigenvalue weighted by Crippen LogP contribution is 2.33. The molecular weight excluding hydrogens is 460 g/mol. The molecule has 0 bridgehead atoms. The van der Waals surface area contributed by atoms with Gasteiger partial charge in [-0.3, -0.25) is 9.36 Å². The third-order valence-electron chi connectivity index (χ3n) is 5.34. The van der Waals surface area contributed by atoms with Gasteiger partial charge in [-0.25, -0.2) is 13.4 Å². The number of amides is 1. The van der Waals surface area contributed by atoms with Gasteiger partial charge >= 0.3 is 0 Å². The maximum Gasteiger partial charge on any atom is 0.243 e. The highest BCUT2D eigenvalue weighted by molar-refractivity contribution is 8.00. The fraction of sp³-hybridized carbons (Fsp3) is 0.391. The average Bonchev–Trinajstić information content (AvgIpc) is 3.15. The quantitative estimate of drug-likeness (QED) is 0.426. The Labute approximate surface area is 199 Å². The molecule has 0 N–H and O–H groups in total. The predicted molar refractivity (Wildman–Crippen MR) is 132 cm³/mol. The molecule has 0 aliphatic carbocycles. The molecule has 1 amide bonds. The second-order valence-corrected chi connectivity index (χ2v) is 10.9. The van der Waals surface area contributed by atoms with Gasteiger partial charge in [-0.15, -0.1) is 0 Å². The standard InChI is InChI=1S/C23H30N4O4S2/c1-7-26(8-2)33(29,30)19-13-14-21-20(15-19)24-23(32-16(3)22(28)25(4)5)27(21)17-9-11-18(31-6)12-10-17/h9-16H,7-8H2,1-6H3/t16-/m0/s1. The molecule has 0 spiro atoms. The van der Waals surface area contributed by atoms with Gasteiger partial charge in [0.15, 0.2) is 5.16 Å². The van der Waals surface area contributed by atoms with E-state index in [9.17, 15) is 13.2 Å². The lowest BCUT2D eigenvalue weighted by atomic mass is 10.2. The van der Waals surface area contributed by atoms with E-state index in [1.165, 1.54) is 16.1 Å². The zero-order chi connectivity index (χ0) is 24.3. The van der Waals surface area contributed by atoms with E-state index in [0.717, 1.165) is 17.0 Å². The number of hydrogen-bond donors (Lipinski definition) is 0. The summed E-state index contributed by atoms with van der Waals surface area (Å²) in [6.07, 6.45) is 0. The number of sulfonamides is 1. The topological polar surface area (TPSA) is 84.7 Å². The van der Waals surface area contributed by atoms with Gasteiger partial charge < -0.3 is 9.64 Å². The van der Waals surface area contributed by atoms with Crippen LogP contribution in [0.15, 0.2) is 52.5 Å². The monoisotopic (exact) mass is 490 g/mol. The molecule has 1 atom stereocenters. The molecule has 8 nitrogen and oxygen atoms in total. The van der Waals surface area contributed by atoms with Crippen molar-refractivity contribution < 1.29 is 17.9 Å². The Bertz CT molecular complexity index is 1230. The summed E-state index contributed by atoms with van der Waals surface area (Å²) in [6, 6.07) is 12.5. The number of rotatable bonds is 9. The average molecular weight is 491 g/mol. The molecule has 33 heavy (non-hydrogen) atoms. The van der Waals surface area contributed by atoms with Crippen LogP contribution in [0, 0.1) is 0 Å². The van der Waals surface area contributed by atoms with E-state index in [0.29, 0.717) is 23.8 Å². The van der Waals surface area contributed by atoms with E-state index in [-0.39, 0.29) is 16.1 Å². The predicted octanol–water partition coefficient (Wildman–Crippen LogP) is 3.63. The maximum absolute atomic E-state index is 13.0. The molecule has 0 saturated heterocycles. The van der Waals surface area contributed by atoms with Gasteiger partial charge in [-0.2, -0.15) is 4.31 Å². The van der Waals surface area contributed by atoms with Crippen LogP contribution in [-0.2, 0) is 14.8 Å². The minimum Gasteiger partial charge on any atom is -0.497 e. The van der Waals surface area contributed by atoms with E-state index in [1.807, 2.05) is 49.6 Å². The maximum atomic E-state index is 13.0. The number of thioether (sulfide) groups is 1. The first-order valence-electron chi connectivity index (χ1n) is 10.7. The van der Waals surface area contributed by atoms with Crippen LogP contribution in [0.5, 0.6) is 5.75 Å². The van der Waals surface area contributed by atoms with Crippen molar-refractivity contribution in [1.82, 2.24) is 18.8 Å². The summed E-state index contributed by atoms with van der Waals surface area (Å²) in [5.74, 6) is 0.694. The number of benzene rings is 2. The number of ether oxygens (including phenoxy) is 1. The molecule has 3 rings (SSSR count). The number of fused-ring (bicyclic) bond motifs is 1. The summed E-state index contributed by atoms with van der Waals surface area (Å²) in [7, 11) is 1.43. The van der Waals surface area contributed by atoms with Crippen molar-refractivity contribution in [3.63, 3.8) is 0 Å².